The maximum absolute atomic E-state index is 5.85. The van der Waals surface area contributed by atoms with Gasteiger partial charge in [0.15, 0.2) is 11.0 Å². The molecule has 2 heterocycles. The van der Waals surface area contributed by atoms with Crippen molar-refractivity contribution in [1.82, 2.24) is 10.3 Å². The highest BCUT2D eigenvalue weighted by atomic mass is 16.6. The minimum atomic E-state index is 0.535. The first-order chi connectivity index (χ1) is 8.27. The molecule has 90 valence electrons. The molecule has 0 radical (unpaired) electrons. The molecule has 5 heteroatoms. The third-order valence-electron chi connectivity index (χ3n) is 3.54. The van der Waals surface area contributed by atoms with Crippen LogP contribution in [-0.2, 0) is 0 Å². The van der Waals surface area contributed by atoms with Crippen molar-refractivity contribution in [3.8, 4) is 0 Å². The van der Waals surface area contributed by atoms with E-state index in [9.17, 15) is 0 Å². The fourth-order valence-electron chi connectivity index (χ4n) is 2.56. The highest BCUT2D eigenvalue weighted by Crippen LogP contribution is 2.32. The van der Waals surface area contributed by atoms with Gasteiger partial charge >= 0.3 is 0 Å². The van der Waals surface area contributed by atoms with Crippen LogP contribution in [0.15, 0.2) is 16.8 Å². The van der Waals surface area contributed by atoms with Gasteiger partial charge in [-0.2, -0.15) is 0 Å². The van der Waals surface area contributed by atoms with E-state index in [2.05, 4.69) is 22.1 Å². The summed E-state index contributed by atoms with van der Waals surface area (Å²) < 4.78 is 4.81. The maximum atomic E-state index is 5.85. The normalized spacial score (nSPS) is 21.0. The highest BCUT2D eigenvalue weighted by Gasteiger charge is 2.22. The van der Waals surface area contributed by atoms with Crippen molar-refractivity contribution < 1.29 is 4.63 Å². The molecule has 1 fully saturated rings. The molecule has 2 aromatic rings. The molecule has 2 N–H and O–H groups in total. The number of hydrogen-bond donors (Lipinski definition) is 1. The topological polar surface area (TPSA) is 68.2 Å². The summed E-state index contributed by atoms with van der Waals surface area (Å²) in [5, 5.41) is 7.84. The summed E-state index contributed by atoms with van der Waals surface area (Å²) in [6.45, 7) is 3.31. The molecule has 3 rings (SSSR count). The Hall–Kier alpha value is -1.78. The molecule has 5 nitrogen and oxygen atoms in total. The Bertz CT molecular complexity index is 536. The molecule has 1 aromatic heterocycles. The van der Waals surface area contributed by atoms with E-state index in [1.54, 1.807) is 0 Å². The zero-order valence-electron chi connectivity index (χ0n) is 9.89. The van der Waals surface area contributed by atoms with Gasteiger partial charge in [0.05, 0.1) is 11.4 Å². The summed E-state index contributed by atoms with van der Waals surface area (Å²) in [5.41, 5.74) is 9.00. The van der Waals surface area contributed by atoms with Gasteiger partial charge in [-0.3, -0.25) is 0 Å². The molecule has 1 atom stereocenters. The Kier molecular flexibility index (Phi) is 2.39. The largest absolute Gasteiger partial charge is 0.397 e. The maximum Gasteiger partial charge on any atom is 0.160 e. The van der Waals surface area contributed by atoms with Crippen molar-refractivity contribution in [2.75, 3.05) is 17.2 Å². The average Bonchev–Trinajstić information content (AvgIpc) is 2.81. The number of nitrogens with two attached hydrogens (primary N) is 1. The number of fused-ring (bicyclic) bond motifs is 1. The van der Waals surface area contributed by atoms with Crippen LogP contribution in [0.2, 0.25) is 0 Å². The molecule has 1 aliphatic heterocycles. The first kappa shape index (κ1) is 10.4. The fraction of sp³-hybridized carbons (Fsp3) is 0.500. The summed E-state index contributed by atoms with van der Waals surface area (Å²) in [6, 6.07) is 4.43. The number of aromatic nitrogens is 2. The van der Waals surface area contributed by atoms with Gasteiger partial charge in [0.2, 0.25) is 0 Å². The van der Waals surface area contributed by atoms with Gasteiger partial charge in [-0.1, -0.05) is 0 Å². The molecule has 0 bridgehead atoms. The molecule has 17 heavy (non-hydrogen) atoms. The van der Waals surface area contributed by atoms with E-state index in [4.69, 9.17) is 10.4 Å². The van der Waals surface area contributed by atoms with Crippen molar-refractivity contribution >= 4 is 22.4 Å². The van der Waals surface area contributed by atoms with Crippen LogP contribution in [0.1, 0.15) is 26.2 Å². The molecule has 1 aromatic carbocycles. The van der Waals surface area contributed by atoms with Gasteiger partial charge in [-0.15, -0.1) is 0 Å². The highest BCUT2D eigenvalue weighted by molar-refractivity contribution is 5.95. The van der Waals surface area contributed by atoms with Crippen molar-refractivity contribution in [3.63, 3.8) is 0 Å². The van der Waals surface area contributed by atoms with Crippen LogP contribution in [0.5, 0.6) is 0 Å². The molecule has 1 saturated heterocycles. The molecule has 0 aliphatic carbocycles. The second-order valence-corrected chi connectivity index (χ2v) is 4.67. The monoisotopic (exact) mass is 232 g/mol. The van der Waals surface area contributed by atoms with E-state index in [0.29, 0.717) is 17.2 Å². The third-order valence-corrected chi connectivity index (χ3v) is 3.54. The lowest BCUT2D eigenvalue weighted by Gasteiger charge is -2.35. The Morgan fingerprint density at radius 2 is 2.12 bits per heavy atom. The Morgan fingerprint density at radius 3 is 2.94 bits per heavy atom. The number of nitrogen functional groups attached to an aromatic ring is 1. The van der Waals surface area contributed by atoms with Gasteiger partial charge in [0.25, 0.3) is 0 Å². The molecule has 0 spiro atoms. The van der Waals surface area contributed by atoms with Crippen LogP contribution in [0.4, 0.5) is 11.4 Å². The van der Waals surface area contributed by atoms with Crippen molar-refractivity contribution in [3.05, 3.63) is 12.1 Å². The summed E-state index contributed by atoms with van der Waals surface area (Å²) in [5.74, 6) is 0. The number of benzene rings is 1. The summed E-state index contributed by atoms with van der Waals surface area (Å²) in [7, 11) is 0. The van der Waals surface area contributed by atoms with Crippen molar-refractivity contribution in [2.45, 2.75) is 32.2 Å². The minimum Gasteiger partial charge on any atom is -0.397 e. The lowest BCUT2D eigenvalue weighted by Crippen LogP contribution is -2.37. The SMILES string of the molecule is CC1CCCCN1c1ccc(N)c2nonc12. The Labute approximate surface area is 99.5 Å². The van der Waals surface area contributed by atoms with E-state index in [1.807, 2.05) is 12.1 Å². The average molecular weight is 232 g/mol. The fourth-order valence-corrected chi connectivity index (χ4v) is 2.56. The van der Waals surface area contributed by atoms with Gasteiger partial charge in [0.1, 0.15) is 0 Å². The summed E-state index contributed by atoms with van der Waals surface area (Å²) in [4.78, 5) is 2.37. The van der Waals surface area contributed by atoms with Gasteiger partial charge in [-0.25, -0.2) is 4.63 Å². The van der Waals surface area contributed by atoms with Gasteiger partial charge in [0, 0.05) is 12.6 Å². The Morgan fingerprint density at radius 1 is 1.29 bits per heavy atom. The lowest BCUT2D eigenvalue weighted by molar-refractivity contribution is 0.315. The third kappa shape index (κ3) is 1.62. The quantitative estimate of drug-likeness (QED) is 0.763. The smallest absolute Gasteiger partial charge is 0.160 e. The first-order valence-corrected chi connectivity index (χ1v) is 6.05. The van der Waals surface area contributed by atoms with Crippen molar-refractivity contribution in [1.29, 1.82) is 0 Å². The molecule has 0 saturated carbocycles. The van der Waals surface area contributed by atoms with Crippen LogP contribution in [0.25, 0.3) is 11.0 Å². The van der Waals surface area contributed by atoms with Crippen LogP contribution in [0, 0.1) is 0 Å². The second kappa shape index (κ2) is 3.91. The number of rotatable bonds is 1. The zero-order valence-corrected chi connectivity index (χ0v) is 9.89. The van der Waals surface area contributed by atoms with Crippen LogP contribution in [0.3, 0.4) is 0 Å². The molecule has 1 aliphatic rings. The predicted molar refractivity (Wildman–Crippen MR) is 66.9 cm³/mol. The number of piperidine rings is 1. The number of anilines is 2. The molecule has 1 unspecified atom stereocenters. The van der Waals surface area contributed by atoms with Crippen LogP contribution >= 0.6 is 0 Å². The van der Waals surface area contributed by atoms with E-state index >= 15 is 0 Å². The second-order valence-electron chi connectivity index (χ2n) is 4.67. The molecular formula is C12H16N4O. The lowest BCUT2D eigenvalue weighted by atomic mass is 10.0. The number of nitrogens with zero attached hydrogens (tertiary/aromatic N) is 3. The van der Waals surface area contributed by atoms with E-state index in [-0.39, 0.29) is 0 Å². The summed E-state index contributed by atoms with van der Waals surface area (Å²) >= 11 is 0. The van der Waals surface area contributed by atoms with E-state index in [1.165, 1.54) is 19.3 Å². The summed E-state index contributed by atoms with van der Waals surface area (Å²) in [6.07, 6.45) is 3.74. The van der Waals surface area contributed by atoms with Crippen molar-refractivity contribution in [2.24, 2.45) is 0 Å². The number of hydrogen-bond acceptors (Lipinski definition) is 5. The van der Waals surface area contributed by atoms with Gasteiger partial charge in [-0.05, 0) is 48.6 Å². The van der Waals surface area contributed by atoms with Crippen LogP contribution < -0.4 is 10.6 Å². The molecule has 0 amide bonds. The van der Waals surface area contributed by atoms with E-state index < -0.39 is 0 Å². The van der Waals surface area contributed by atoms with E-state index in [0.717, 1.165) is 17.7 Å². The molecular weight excluding hydrogens is 216 g/mol. The minimum absolute atomic E-state index is 0.535. The zero-order chi connectivity index (χ0) is 11.8. The predicted octanol–water partition coefficient (Wildman–Crippen LogP) is 2.18. The van der Waals surface area contributed by atoms with Gasteiger partial charge < -0.3 is 10.6 Å². The standard InChI is InChI=1S/C12H16N4O/c1-8-4-2-3-7-16(8)10-6-5-9(13)11-12(10)15-17-14-11/h5-6,8H,2-4,7,13H2,1H3. The first-order valence-electron chi connectivity index (χ1n) is 6.05. The van der Waals surface area contributed by atoms with Crippen LogP contribution in [-0.4, -0.2) is 22.9 Å². The Balaban J connectivity index is 2.10.